The van der Waals surface area contributed by atoms with E-state index in [4.69, 9.17) is 5.73 Å². The number of hydrogen-bond donors (Lipinski definition) is 2. The van der Waals surface area contributed by atoms with Crippen LogP contribution in [0.25, 0.3) is 0 Å². The molecule has 0 spiro atoms. The minimum absolute atomic E-state index is 0.0332. The summed E-state index contributed by atoms with van der Waals surface area (Å²) in [7, 11) is -3.47. The topological polar surface area (TPSA) is 72.2 Å². The van der Waals surface area contributed by atoms with Crippen LogP contribution in [0.15, 0.2) is 29.2 Å². The summed E-state index contributed by atoms with van der Waals surface area (Å²) in [6.07, 6.45) is 1.99. The van der Waals surface area contributed by atoms with Gasteiger partial charge in [0.15, 0.2) is 0 Å². The fourth-order valence-electron chi connectivity index (χ4n) is 2.73. The van der Waals surface area contributed by atoms with Crippen molar-refractivity contribution >= 4 is 10.0 Å². The summed E-state index contributed by atoms with van der Waals surface area (Å²) >= 11 is 0. The highest BCUT2D eigenvalue weighted by atomic mass is 32.2. The Hall–Kier alpha value is -0.910. The Labute approximate surface area is 115 Å². The van der Waals surface area contributed by atoms with Crippen molar-refractivity contribution < 1.29 is 8.42 Å². The third-order valence-corrected chi connectivity index (χ3v) is 5.84. The third-order valence-electron chi connectivity index (χ3n) is 4.25. The zero-order chi connectivity index (χ0) is 14.0. The summed E-state index contributed by atoms with van der Waals surface area (Å²) in [5.41, 5.74) is 6.27. The second kappa shape index (κ2) is 5.61. The van der Waals surface area contributed by atoms with E-state index in [-0.39, 0.29) is 12.6 Å². The average molecular weight is 282 g/mol. The van der Waals surface area contributed by atoms with Crippen molar-refractivity contribution in [3.05, 3.63) is 29.8 Å². The summed E-state index contributed by atoms with van der Waals surface area (Å²) in [6.45, 7) is 4.51. The normalized spacial score (nSPS) is 27.6. The smallest absolute Gasteiger partial charge is 0.241 e. The molecule has 2 rings (SSSR count). The minimum atomic E-state index is -3.47. The van der Waals surface area contributed by atoms with E-state index in [0.717, 1.165) is 12.8 Å². The summed E-state index contributed by atoms with van der Waals surface area (Å²) in [6, 6.07) is 6.95. The van der Waals surface area contributed by atoms with Gasteiger partial charge in [-0.05, 0) is 36.3 Å². The van der Waals surface area contributed by atoms with E-state index in [1.165, 1.54) is 0 Å². The summed E-state index contributed by atoms with van der Waals surface area (Å²) in [5.74, 6) is 0.942. The number of rotatable bonds is 4. The molecule has 0 bridgehead atoms. The van der Waals surface area contributed by atoms with Crippen molar-refractivity contribution in [2.75, 3.05) is 0 Å². The van der Waals surface area contributed by atoms with E-state index in [2.05, 4.69) is 18.6 Å². The molecule has 1 aliphatic rings. The number of benzene rings is 1. The Morgan fingerprint density at radius 2 is 1.95 bits per heavy atom. The molecule has 0 amide bonds. The molecule has 19 heavy (non-hydrogen) atoms. The van der Waals surface area contributed by atoms with Gasteiger partial charge in [-0.3, -0.25) is 0 Å². The van der Waals surface area contributed by atoms with Crippen LogP contribution in [0.4, 0.5) is 0 Å². The largest absolute Gasteiger partial charge is 0.326 e. The molecule has 1 aromatic carbocycles. The van der Waals surface area contributed by atoms with Crippen molar-refractivity contribution in [1.82, 2.24) is 4.72 Å². The molecule has 3 N–H and O–H groups in total. The fourth-order valence-corrected chi connectivity index (χ4v) is 4.34. The first kappa shape index (κ1) is 14.5. The van der Waals surface area contributed by atoms with Crippen LogP contribution in [-0.4, -0.2) is 14.5 Å². The van der Waals surface area contributed by atoms with Gasteiger partial charge < -0.3 is 5.73 Å². The molecular formula is C14H22N2O2S. The predicted molar refractivity (Wildman–Crippen MR) is 76.0 cm³/mol. The standard InChI is InChI=1S/C14H22N2O2S/c1-10-7-8-13(11(10)2)16-19(17,18)14-6-4-3-5-12(14)9-15/h3-6,10-11,13,16H,7-9,15H2,1-2H3. The van der Waals surface area contributed by atoms with Crippen LogP contribution in [0.3, 0.4) is 0 Å². The molecule has 1 fully saturated rings. The minimum Gasteiger partial charge on any atom is -0.326 e. The first-order valence-corrected chi connectivity index (χ1v) is 8.24. The molecule has 0 aromatic heterocycles. The van der Waals surface area contributed by atoms with Crippen molar-refractivity contribution in [1.29, 1.82) is 0 Å². The van der Waals surface area contributed by atoms with Crippen LogP contribution in [-0.2, 0) is 16.6 Å². The van der Waals surface area contributed by atoms with Gasteiger partial charge in [0.1, 0.15) is 0 Å². The third kappa shape index (κ3) is 2.99. The van der Waals surface area contributed by atoms with Crippen LogP contribution < -0.4 is 10.5 Å². The first-order chi connectivity index (χ1) is 8.95. The van der Waals surface area contributed by atoms with Gasteiger partial charge in [0.05, 0.1) is 4.90 Å². The molecule has 0 aliphatic heterocycles. The van der Waals surface area contributed by atoms with E-state index < -0.39 is 10.0 Å². The van der Waals surface area contributed by atoms with Crippen LogP contribution in [0.2, 0.25) is 0 Å². The lowest BCUT2D eigenvalue weighted by Gasteiger charge is -2.20. The molecule has 3 unspecified atom stereocenters. The number of sulfonamides is 1. The van der Waals surface area contributed by atoms with Crippen molar-refractivity contribution in [3.8, 4) is 0 Å². The number of hydrogen-bond acceptors (Lipinski definition) is 3. The van der Waals surface area contributed by atoms with Gasteiger partial charge in [0.25, 0.3) is 0 Å². The van der Waals surface area contributed by atoms with Crippen LogP contribution in [0, 0.1) is 11.8 Å². The fraction of sp³-hybridized carbons (Fsp3) is 0.571. The molecule has 0 saturated heterocycles. The van der Waals surface area contributed by atoms with Gasteiger partial charge in [0, 0.05) is 12.6 Å². The highest BCUT2D eigenvalue weighted by molar-refractivity contribution is 7.89. The summed E-state index contributed by atoms with van der Waals surface area (Å²) < 4.78 is 27.7. The molecule has 106 valence electrons. The first-order valence-electron chi connectivity index (χ1n) is 6.76. The second-order valence-electron chi connectivity index (χ2n) is 5.45. The number of nitrogens with one attached hydrogen (secondary N) is 1. The molecule has 1 saturated carbocycles. The zero-order valence-electron chi connectivity index (χ0n) is 11.5. The second-order valence-corrected chi connectivity index (χ2v) is 7.14. The van der Waals surface area contributed by atoms with Gasteiger partial charge >= 0.3 is 0 Å². The quantitative estimate of drug-likeness (QED) is 0.885. The number of nitrogens with two attached hydrogens (primary N) is 1. The van der Waals surface area contributed by atoms with Gasteiger partial charge in [-0.25, -0.2) is 13.1 Å². The molecular weight excluding hydrogens is 260 g/mol. The van der Waals surface area contributed by atoms with Crippen molar-refractivity contribution in [2.24, 2.45) is 17.6 Å². The Kier molecular flexibility index (Phi) is 4.28. The Morgan fingerprint density at radius 1 is 1.26 bits per heavy atom. The highest BCUT2D eigenvalue weighted by Crippen LogP contribution is 2.32. The highest BCUT2D eigenvalue weighted by Gasteiger charge is 2.33. The Morgan fingerprint density at radius 3 is 2.53 bits per heavy atom. The molecule has 4 nitrogen and oxygen atoms in total. The predicted octanol–water partition coefficient (Wildman–Crippen LogP) is 1.86. The van der Waals surface area contributed by atoms with Gasteiger partial charge in [-0.1, -0.05) is 32.0 Å². The maximum Gasteiger partial charge on any atom is 0.241 e. The van der Waals surface area contributed by atoms with Gasteiger partial charge in [-0.2, -0.15) is 0 Å². The maximum atomic E-state index is 12.5. The van der Waals surface area contributed by atoms with Crippen LogP contribution in [0.5, 0.6) is 0 Å². The Bertz CT molecular complexity index is 542. The molecule has 1 aliphatic carbocycles. The van der Waals surface area contributed by atoms with Crippen molar-refractivity contribution in [3.63, 3.8) is 0 Å². The summed E-state index contributed by atoms with van der Waals surface area (Å²) in [4.78, 5) is 0.309. The monoisotopic (exact) mass is 282 g/mol. The molecule has 0 radical (unpaired) electrons. The van der Waals surface area contributed by atoms with E-state index in [9.17, 15) is 8.42 Å². The van der Waals surface area contributed by atoms with Crippen molar-refractivity contribution in [2.45, 2.75) is 44.2 Å². The zero-order valence-corrected chi connectivity index (χ0v) is 12.3. The molecule has 3 atom stereocenters. The lowest BCUT2D eigenvalue weighted by molar-refractivity contribution is 0.402. The van der Waals surface area contributed by atoms with Crippen LogP contribution >= 0.6 is 0 Å². The van der Waals surface area contributed by atoms with E-state index >= 15 is 0 Å². The lowest BCUT2D eigenvalue weighted by atomic mass is 9.98. The van der Waals surface area contributed by atoms with Gasteiger partial charge in [0.2, 0.25) is 10.0 Å². The molecule has 0 heterocycles. The lowest BCUT2D eigenvalue weighted by Crippen LogP contribution is -2.37. The molecule has 1 aromatic rings. The molecule has 5 heteroatoms. The van der Waals surface area contributed by atoms with Crippen LogP contribution in [0.1, 0.15) is 32.3 Å². The Balaban J connectivity index is 2.23. The van der Waals surface area contributed by atoms with E-state index in [1.54, 1.807) is 18.2 Å². The average Bonchev–Trinajstić information content (AvgIpc) is 2.70. The van der Waals surface area contributed by atoms with Gasteiger partial charge in [-0.15, -0.1) is 0 Å². The maximum absolute atomic E-state index is 12.5. The van der Waals surface area contributed by atoms with E-state index in [0.29, 0.717) is 22.3 Å². The van der Waals surface area contributed by atoms with E-state index in [1.807, 2.05) is 6.07 Å². The SMILES string of the molecule is CC1CCC(NS(=O)(=O)c2ccccc2CN)C1C. The summed E-state index contributed by atoms with van der Waals surface area (Å²) in [5, 5.41) is 0.